The Hall–Kier alpha value is -1.06. The van der Waals surface area contributed by atoms with Gasteiger partial charge in [-0.15, -0.1) is 13.2 Å². The van der Waals surface area contributed by atoms with Gasteiger partial charge >= 0.3 is 7.12 Å². The summed E-state index contributed by atoms with van der Waals surface area (Å²) in [6.45, 7) is 12.4. The number of allylic oxidation sites excluding steroid dienone is 6. The molecule has 0 amide bonds. The maximum absolute atomic E-state index is 10.4. The highest BCUT2D eigenvalue weighted by Crippen LogP contribution is 2.54. The fourth-order valence-electron chi connectivity index (χ4n) is 6.85. The van der Waals surface area contributed by atoms with Crippen molar-refractivity contribution in [2.75, 3.05) is 0 Å². The third-order valence-corrected chi connectivity index (χ3v) is 8.28. The van der Waals surface area contributed by atoms with Crippen LogP contribution in [0.1, 0.15) is 78.1 Å². The third-order valence-electron chi connectivity index (χ3n) is 8.28. The molecule has 0 heterocycles. The van der Waals surface area contributed by atoms with Crippen LogP contribution < -0.4 is 0 Å². The second-order valence-electron chi connectivity index (χ2n) is 9.82. The van der Waals surface area contributed by atoms with Gasteiger partial charge < -0.3 is 10.0 Å². The summed E-state index contributed by atoms with van der Waals surface area (Å²) >= 11 is 0. The van der Waals surface area contributed by atoms with Crippen LogP contribution in [0.5, 0.6) is 0 Å². The monoisotopic (exact) mass is 396 g/mol. The van der Waals surface area contributed by atoms with Crippen LogP contribution in [0, 0.1) is 29.6 Å². The molecule has 2 nitrogen and oxygen atoms in total. The van der Waals surface area contributed by atoms with Crippen molar-refractivity contribution in [1.82, 2.24) is 0 Å². The Morgan fingerprint density at radius 1 is 1.07 bits per heavy atom. The molecule has 0 aromatic carbocycles. The molecule has 0 radical (unpaired) electrons. The van der Waals surface area contributed by atoms with Crippen LogP contribution in [0.4, 0.5) is 0 Å². The molecule has 0 saturated heterocycles. The Bertz CT molecular complexity index is 647. The Morgan fingerprint density at radius 3 is 2.45 bits per heavy atom. The van der Waals surface area contributed by atoms with Gasteiger partial charge in [-0.2, -0.15) is 0 Å². The van der Waals surface area contributed by atoms with Gasteiger partial charge in [0.1, 0.15) is 0 Å². The lowest BCUT2D eigenvalue weighted by Gasteiger charge is -2.46. The van der Waals surface area contributed by atoms with Gasteiger partial charge in [-0.3, -0.25) is 0 Å². The zero-order chi connectivity index (χ0) is 21.0. The summed E-state index contributed by atoms with van der Waals surface area (Å²) in [6.07, 6.45) is 18.4. The van der Waals surface area contributed by atoms with Gasteiger partial charge in [0.25, 0.3) is 0 Å². The van der Waals surface area contributed by atoms with Gasteiger partial charge in [-0.05, 0) is 99.0 Å². The summed E-state index contributed by atoms with van der Waals surface area (Å²) in [5.74, 6) is 2.44. The van der Waals surface area contributed by atoms with Gasteiger partial charge in [0.15, 0.2) is 0 Å². The molecule has 3 rings (SSSR count). The van der Waals surface area contributed by atoms with Gasteiger partial charge in [0, 0.05) is 5.82 Å². The molecule has 2 N–H and O–H groups in total. The summed E-state index contributed by atoms with van der Waals surface area (Å²) in [5, 5.41) is 20.7. The van der Waals surface area contributed by atoms with Crippen LogP contribution >= 0.6 is 0 Å². The van der Waals surface area contributed by atoms with Crippen molar-refractivity contribution in [3.8, 4) is 0 Å². The molecular weight excluding hydrogens is 355 g/mol. The zero-order valence-electron chi connectivity index (χ0n) is 18.7. The average molecular weight is 396 g/mol. The van der Waals surface area contributed by atoms with Crippen molar-refractivity contribution in [2.24, 2.45) is 29.6 Å². The summed E-state index contributed by atoms with van der Waals surface area (Å²) in [5.41, 5.74) is 4.54. The van der Waals surface area contributed by atoms with E-state index in [0.29, 0.717) is 5.92 Å². The molecule has 0 aromatic heterocycles. The topological polar surface area (TPSA) is 40.5 Å². The van der Waals surface area contributed by atoms with Crippen LogP contribution in [0.25, 0.3) is 0 Å². The second-order valence-corrected chi connectivity index (χ2v) is 9.82. The van der Waals surface area contributed by atoms with E-state index in [1.807, 2.05) is 12.2 Å². The fraction of sp³-hybridized carbons (Fsp3) is 0.692. The standard InChI is InChI=1S/C26H41BO2/c1-5-7-13-23-18(3)25(19(4)24(14-8-6-2)26(23)27(28)29)22-16-15-20-11-9-10-12-21(20)17-22/h5-6,17-18,20-21,23-24,26,28-29H,1-2,7-16H2,3-4H3/t18?,20-,21?,23?,24?,26?/m1/s1. The molecule has 0 bridgehead atoms. The van der Waals surface area contributed by atoms with Gasteiger partial charge in [0.2, 0.25) is 0 Å². The largest absolute Gasteiger partial charge is 0.455 e. The molecule has 3 aliphatic rings. The van der Waals surface area contributed by atoms with E-state index < -0.39 is 7.12 Å². The van der Waals surface area contributed by atoms with Crippen molar-refractivity contribution in [1.29, 1.82) is 0 Å². The molecule has 1 fully saturated rings. The molecule has 0 spiro atoms. The smallest absolute Gasteiger partial charge is 0.427 e. The van der Waals surface area contributed by atoms with Crippen LogP contribution in [-0.2, 0) is 0 Å². The van der Waals surface area contributed by atoms with Crippen LogP contribution in [0.3, 0.4) is 0 Å². The molecule has 3 aliphatic carbocycles. The lowest BCUT2D eigenvalue weighted by Crippen LogP contribution is -2.41. The molecule has 0 aliphatic heterocycles. The SMILES string of the molecule is C=CCCC1C(C)=C(C2=CC3CCCC[C@@H]3CC2)C(C)C(CCC=C)C1B(O)O. The van der Waals surface area contributed by atoms with E-state index in [1.165, 1.54) is 44.1 Å². The summed E-state index contributed by atoms with van der Waals surface area (Å²) in [7, 11) is -1.26. The minimum absolute atomic E-state index is 0.0970. The Morgan fingerprint density at radius 2 is 1.76 bits per heavy atom. The molecular formula is C26H41BO2. The Balaban J connectivity index is 2.00. The zero-order valence-corrected chi connectivity index (χ0v) is 18.7. The van der Waals surface area contributed by atoms with Crippen LogP contribution in [-0.4, -0.2) is 17.2 Å². The number of hydrogen-bond donors (Lipinski definition) is 2. The van der Waals surface area contributed by atoms with Crippen LogP contribution in [0.2, 0.25) is 5.82 Å². The maximum atomic E-state index is 10.4. The van der Waals surface area contributed by atoms with Crippen molar-refractivity contribution in [3.05, 3.63) is 48.1 Å². The molecule has 1 saturated carbocycles. The predicted octanol–water partition coefficient (Wildman–Crippen LogP) is 6.49. The van der Waals surface area contributed by atoms with Crippen LogP contribution in [0.15, 0.2) is 48.1 Å². The molecule has 6 atom stereocenters. The lowest BCUT2D eigenvalue weighted by atomic mass is 9.49. The lowest BCUT2D eigenvalue weighted by molar-refractivity contribution is 0.225. The highest BCUT2D eigenvalue weighted by atomic mass is 16.4. The molecule has 3 heteroatoms. The molecule has 5 unspecified atom stereocenters. The molecule has 29 heavy (non-hydrogen) atoms. The first-order valence-electron chi connectivity index (χ1n) is 12.0. The van der Waals surface area contributed by atoms with E-state index in [-0.39, 0.29) is 17.7 Å². The molecule has 0 aromatic rings. The van der Waals surface area contributed by atoms with Gasteiger partial charge in [-0.1, -0.05) is 43.6 Å². The Labute approximate surface area is 179 Å². The van der Waals surface area contributed by atoms with E-state index >= 15 is 0 Å². The summed E-state index contributed by atoms with van der Waals surface area (Å²) in [4.78, 5) is 0. The van der Waals surface area contributed by atoms with E-state index in [9.17, 15) is 10.0 Å². The number of fused-ring (bicyclic) bond motifs is 1. The minimum atomic E-state index is -1.26. The second kappa shape index (κ2) is 10.3. The van der Waals surface area contributed by atoms with Crippen molar-refractivity contribution in [2.45, 2.75) is 83.9 Å². The number of rotatable bonds is 8. The van der Waals surface area contributed by atoms with E-state index in [4.69, 9.17) is 0 Å². The van der Waals surface area contributed by atoms with Gasteiger partial charge in [-0.25, -0.2) is 0 Å². The van der Waals surface area contributed by atoms with E-state index in [1.54, 1.807) is 11.1 Å². The summed E-state index contributed by atoms with van der Waals surface area (Å²) in [6, 6.07) is 0. The molecule has 160 valence electrons. The first kappa shape index (κ1) is 22.6. The number of hydrogen-bond acceptors (Lipinski definition) is 2. The van der Waals surface area contributed by atoms with E-state index in [2.05, 4.69) is 33.1 Å². The average Bonchev–Trinajstić information content (AvgIpc) is 2.71. The third kappa shape index (κ3) is 4.83. The highest BCUT2D eigenvalue weighted by molar-refractivity contribution is 6.43. The fourth-order valence-corrected chi connectivity index (χ4v) is 6.85. The Kier molecular flexibility index (Phi) is 8.04. The first-order chi connectivity index (χ1) is 14.0. The normalized spacial score (nSPS) is 35.0. The predicted molar refractivity (Wildman–Crippen MR) is 124 cm³/mol. The van der Waals surface area contributed by atoms with Crippen molar-refractivity contribution < 1.29 is 10.0 Å². The van der Waals surface area contributed by atoms with Gasteiger partial charge in [0.05, 0.1) is 0 Å². The minimum Gasteiger partial charge on any atom is -0.427 e. The van der Waals surface area contributed by atoms with Crippen molar-refractivity contribution in [3.63, 3.8) is 0 Å². The highest BCUT2D eigenvalue weighted by Gasteiger charge is 2.46. The van der Waals surface area contributed by atoms with E-state index in [0.717, 1.165) is 37.5 Å². The first-order valence-corrected chi connectivity index (χ1v) is 12.0. The maximum Gasteiger partial charge on any atom is 0.455 e. The summed E-state index contributed by atoms with van der Waals surface area (Å²) < 4.78 is 0. The quantitative estimate of drug-likeness (QED) is 0.364. The van der Waals surface area contributed by atoms with Crippen molar-refractivity contribution >= 4 is 7.12 Å².